The first kappa shape index (κ1) is 24.9. The Morgan fingerprint density at radius 2 is 1.79 bits per heavy atom. The van der Waals surface area contributed by atoms with Crippen LogP contribution < -0.4 is 15.2 Å². The molecule has 0 heterocycles. The van der Waals surface area contributed by atoms with Crippen LogP contribution in [0.5, 0.6) is 5.75 Å². The lowest BCUT2D eigenvalue weighted by Crippen LogP contribution is -2.21. The van der Waals surface area contributed by atoms with E-state index in [1.165, 1.54) is 30.3 Å². The number of carbonyl (C=O) groups excluding carboxylic acids is 2. The second-order valence-corrected chi connectivity index (χ2v) is 10.3. The Morgan fingerprint density at radius 3 is 2.42 bits per heavy atom. The first-order valence-corrected chi connectivity index (χ1v) is 12.3. The van der Waals surface area contributed by atoms with Gasteiger partial charge in [-0.3, -0.25) is 9.59 Å². The number of nitrogens with two attached hydrogens (primary N) is 1. The minimum Gasteiger partial charge on any atom is -0.483 e. The largest absolute Gasteiger partial charge is 0.483 e. The van der Waals surface area contributed by atoms with Crippen LogP contribution in [-0.4, -0.2) is 26.7 Å². The summed E-state index contributed by atoms with van der Waals surface area (Å²) in [5.74, 6) is -0.585. The summed E-state index contributed by atoms with van der Waals surface area (Å²) in [7, 11) is -3.84. The van der Waals surface area contributed by atoms with E-state index < -0.39 is 15.9 Å². The number of ether oxygens (including phenoxy) is 1. The topological polar surface area (TPSA) is 116 Å². The number of amides is 1. The molecule has 0 saturated carbocycles. The fraction of sp³-hybridized carbons (Fsp3) is 0.130. The normalized spacial score (nSPS) is 11.2. The number of primary sulfonamides is 1. The van der Waals surface area contributed by atoms with E-state index in [9.17, 15) is 18.0 Å². The summed E-state index contributed by atoms with van der Waals surface area (Å²) in [6, 6.07) is 14.0. The molecule has 0 aliphatic heterocycles. The van der Waals surface area contributed by atoms with Crippen molar-refractivity contribution in [3.05, 3.63) is 86.3 Å². The minimum atomic E-state index is -3.84. The Balaban J connectivity index is 1.77. The van der Waals surface area contributed by atoms with Crippen LogP contribution >= 0.6 is 27.5 Å². The van der Waals surface area contributed by atoms with Gasteiger partial charge in [0.15, 0.2) is 12.4 Å². The van der Waals surface area contributed by atoms with Crippen molar-refractivity contribution < 1.29 is 22.7 Å². The molecule has 0 fully saturated rings. The monoisotopic (exact) mass is 550 g/mol. The molecule has 7 nitrogen and oxygen atoms in total. The van der Waals surface area contributed by atoms with Gasteiger partial charge in [0.05, 0.1) is 10.5 Å². The number of sulfonamides is 1. The average Bonchev–Trinajstić information content (AvgIpc) is 2.72. The summed E-state index contributed by atoms with van der Waals surface area (Å²) in [4.78, 5) is 25.5. The van der Waals surface area contributed by atoms with Crippen LogP contribution in [0.3, 0.4) is 0 Å². The average molecular weight is 552 g/mol. The molecule has 0 unspecified atom stereocenters. The number of carbonyl (C=O) groups is 2. The van der Waals surface area contributed by atoms with E-state index in [0.717, 1.165) is 10.0 Å². The van der Waals surface area contributed by atoms with Gasteiger partial charge in [0.2, 0.25) is 10.0 Å². The predicted octanol–water partition coefficient (Wildman–Crippen LogP) is 4.62. The van der Waals surface area contributed by atoms with Crippen LogP contribution in [0.1, 0.15) is 27.0 Å². The number of rotatable bonds is 7. The number of benzene rings is 3. The standard InChI is InChI=1S/C23H20BrClN2O5S/c1-13-7-15(10-16(24)8-13)23(29)19-11-17(25)3-6-21(19)32-12-22(28)27-20-5-4-18(9-14(20)2)33(26,30)31/h3-11H,12H2,1-2H3,(H,27,28)(H2,26,30,31). The summed E-state index contributed by atoms with van der Waals surface area (Å²) in [6.45, 7) is 3.13. The van der Waals surface area contributed by atoms with Gasteiger partial charge in [-0.05, 0) is 79.6 Å². The van der Waals surface area contributed by atoms with Crippen molar-refractivity contribution in [2.24, 2.45) is 5.14 Å². The zero-order valence-electron chi connectivity index (χ0n) is 17.7. The quantitative estimate of drug-likeness (QED) is 0.416. The smallest absolute Gasteiger partial charge is 0.262 e. The molecule has 0 bridgehead atoms. The van der Waals surface area contributed by atoms with Gasteiger partial charge < -0.3 is 10.1 Å². The van der Waals surface area contributed by atoms with E-state index in [1.54, 1.807) is 25.1 Å². The van der Waals surface area contributed by atoms with E-state index >= 15 is 0 Å². The Bertz CT molecular complexity index is 1340. The molecule has 10 heteroatoms. The Morgan fingerprint density at radius 1 is 1.06 bits per heavy atom. The molecule has 3 N–H and O–H groups in total. The molecular formula is C23H20BrClN2O5S. The fourth-order valence-corrected chi connectivity index (χ4v) is 4.49. The summed E-state index contributed by atoms with van der Waals surface area (Å²) >= 11 is 9.48. The van der Waals surface area contributed by atoms with Gasteiger partial charge in [-0.25, -0.2) is 13.6 Å². The molecule has 3 aromatic rings. The number of ketones is 1. The molecule has 0 aliphatic carbocycles. The van der Waals surface area contributed by atoms with Crippen LogP contribution in [-0.2, 0) is 14.8 Å². The number of hydrogen-bond donors (Lipinski definition) is 2. The highest BCUT2D eigenvalue weighted by molar-refractivity contribution is 9.10. The highest BCUT2D eigenvalue weighted by Gasteiger charge is 2.18. The summed E-state index contributed by atoms with van der Waals surface area (Å²) < 4.78 is 29.3. The number of aryl methyl sites for hydroxylation is 2. The van der Waals surface area contributed by atoms with E-state index in [1.807, 2.05) is 13.0 Å². The molecule has 0 aliphatic rings. The lowest BCUT2D eigenvalue weighted by molar-refractivity contribution is -0.118. The van der Waals surface area contributed by atoms with Crippen molar-refractivity contribution in [3.8, 4) is 5.75 Å². The molecule has 3 rings (SSSR count). The number of halogens is 2. The van der Waals surface area contributed by atoms with Crippen LogP contribution in [0.25, 0.3) is 0 Å². The maximum Gasteiger partial charge on any atom is 0.262 e. The molecule has 172 valence electrons. The zero-order chi connectivity index (χ0) is 24.3. The zero-order valence-corrected chi connectivity index (χ0v) is 20.8. The van der Waals surface area contributed by atoms with Gasteiger partial charge in [0, 0.05) is 20.7 Å². The molecule has 0 aromatic heterocycles. The second kappa shape index (κ2) is 10.0. The van der Waals surface area contributed by atoms with Gasteiger partial charge in [0.1, 0.15) is 5.75 Å². The van der Waals surface area contributed by atoms with Crippen molar-refractivity contribution in [1.82, 2.24) is 0 Å². The van der Waals surface area contributed by atoms with Crippen LogP contribution in [0.15, 0.2) is 64.0 Å². The van der Waals surface area contributed by atoms with Crippen LogP contribution in [0.2, 0.25) is 5.02 Å². The van der Waals surface area contributed by atoms with Crippen molar-refractivity contribution >= 4 is 54.9 Å². The second-order valence-electron chi connectivity index (χ2n) is 7.35. The molecule has 1 amide bonds. The van der Waals surface area contributed by atoms with E-state index in [0.29, 0.717) is 21.8 Å². The highest BCUT2D eigenvalue weighted by Crippen LogP contribution is 2.27. The molecular weight excluding hydrogens is 532 g/mol. The van der Waals surface area contributed by atoms with Gasteiger partial charge in [-0.2, -0.15) is 0 Å². The van der Waals surface area contributed by atoms with Crippen molar-refractivity contribution in [3.63, 3.8) is 0 Å². The molecule has 33 heavy (non-hydrogen) atoms. The van der Waals surface area contributed by atoms with Crippen molar-refractivity contribution in [2.75, 3.05) is 11.9 Å². The first-order chi connectivity index (χ1) is 15.4. The first-order valence-electron chi connectivity index (χ1n) is 9.61. The Kier molecular flexibility index (Phi) is 7.58. The molecule has 0 spiro atoms. The molecule has 3 aromatic carbocycles. The lowest BCUT2D eigenvalue weighted by Gasteiger charge is -2.13. The van der Waals surface area contributed by atoms with Gasteiger partial charge in [0.25, 0.3) is 5.91 Å². The van der Waals surface area contributed by atoms with E-state index in [2.05, 4.69) is 21.2 Å². The molecule has 0 radical (unpaired) electrons. The maximum absolute atomic E-state index is 13.1. The third-order valence-electron chi connectivity index (χ3n) is 4.65. The number of hydrogen-bond acceptors (Lipinski definition) is 5. The third-order valence-corrected chi connectivity index (χ3v) is 6.25. The van der Waals surface area contributed by atoms with E-state index in [-0.39, 0.29) is 28.6 Å². The fourth-order valence-electron chi connectivity index (χ4n) is 3.11. The van der Waals surface area contributed by atoms with Crippen molar-refractivity contribution in [1.29, 1.82) is 0 Å². The van der Waals surface area contributed by atoms with Gasteiger partial charge in [-0.1, -0.05) is 27.5 Å². The maximum atomic E-state index is 13.1. The Labute approximate surface area is 205 Å². The number of nitrogens with one attached hydrogen (secondary N) is 1. The van der Waals surface area contributed by atoms with Crippen LogP contribution in [0.4, 0.5) is 5.69 Å². The van der Waals surface area contributed by atoms with Crippen LogP contribution in [0, 0.1) is 13.8 Å². The van der Waals surface area contributed by atoms with Gasteiger partial charge in [-0.15, -0.1) is 0 Å². The molecule has 0 saturated heterocycles. The summed E-state index contributed by atoms with van der Waals surface area (Å²) in [6.07, 6.45) is 0. The summed E-state index contributed by atoms with van der Waals surface area (Å²) in [5.41, 5.74) is 2.50. The molecule has 0 atom stereocenters. The SMILES string of the molecule is Cc1cc(Br)cc(C(=O)c2cc(Cl)ccc2OCC(=O)Nc2ccc(S(N)(=O)=O)cc2C)c1. The predicted molar refractivity (Wildman–Crippen MR) is 130 cm³/mol. The number of anilines is 1. The minimum absolute atomic E-state index is 0.0543. The van der Waals surface area contributed by atoms with E-state index in [4.69, 9.17) is 21.5 Å². The summed E-state index contributed by atoms with van der Waals surface area (Å²) in [5, 5.41) is 8.13. The highest BCUT2D eigenvalue weighted by atomic mass is 79.9. The Hall–Kier alpha value is -2.72. The lowest BCUT2D eigenvalue weighted by atomic mass is 10.0. The van der Waals surface area contributed by atoms with Gasteiger partial charge >= 0.3 is 0 Å². The third kappa shape index (κ3) is 6.42. The van der Waals surface area contributed by atoms with Crippen molar-refractivity contribution in [2.45, 2.75) is 18.7 Å².